The molecule has 1 aromatic rings. The van der Waals surface area contributed by atoms with Gasteiger partial charge in [-0.15, -0.1) is 23.7 Å². The molecule has 0 aromatic carbocycles. The summed E-state index contributed by atoms with van der Waals surface area (Å²) in [4.78, 5) is 52.9. The quantitative estimate of drug-likeness (QED) is 0.370. The fourth-order valence-electron chi connectivity index (χ4n) is 4.17. The molecule has 3 heterocycles. The first-order chi connectivity index (χ1) is 15.2. The Bertz CT molecular complexity index is 1030. The van der Waals surface area contributed by atoms with Gasteiger partial charge in [0.2, 0.25) is 15.9 Å². The van der Waals surface area contributed by atoms with E-state index in [-0.39, 0.29) is 24.2 Å². The van der Waals surface area contributed by atoms with E-state index in [1.807, 2.05) is 32.8 Å². The van der Waals surface area contributed by atoms with Gasteiger partial charge in [-0.25, -0.2) is 17.7 Å². The minimum Gasteiger partial charge on any atom is -0.331 e. The molecule has 34 heavy (non-hydrogen) atoms. The first kappa shape index (κ1) is 30.7. The van der Waals surface area contributed by atoms with Crippen molar-refractivity contribution in [1.29, 1.82) is 0 Å². The molecule has 192 valence electrons. The molecule has 15 heteroatoms. The second-order valence-electron chi connectivity index (χ2n) is 8.42. The Labute approximate surface area is 219 Å². The second-order valence-corrected chi connectivity index (χ2v) is 11.9. The summed E-state index contributed by atoms with van der Waals surface area (Å²) in [7, 11) is 0.203. The van der Waals surface area contributed by atoms with E-state index in [9.17, 15) is 27.6 Å². The zero-order valence-electron chi connectivity index (χ0n) is 19.2. The Kier molecular flexibility index (Phi) is 10.9. The number of sulfonamides is 1. The van der Waals surface area contributed by atoms with Crippen LogP contribution in [0.1, 0.15) is 35.8 Å². The molecule has 2 amide bonds. The normalized spacial score (nSPS) is 21.8. The van der Waals surface area contributed by atoms with Crippen molar-refractivity contribution < 1.29 is 27.6 Å². The molecule has 0 bridgehead atoms. The van der Waals surface area contributed by atoms with Gasteiger partial charge < -0.3 is 9.80 Å². The van der Waals surface area contributed by atoms with Gasteiger partial charge in [0.25, 0.3) is 5.91 Å². The largest absolute Gasteiger partial charge is 0.331 e. The minimum atomic E-state index is -3.67. The summed E-state index contributed by atoms with van der Waals surface area (Å²) in [5.41, 5.74) is 0.366. The lowest BCUT2D eigenvalue weighted by Crippen LogP contribution is -2.44. The zero-order chi connectivity index (χ0) is 25.2. The summed E-state index contributed by atoms with van der Waals surface area (Å²) in [6, 6.07) is -0.914. The van der Waals surface area contributed by atoms with Crippen LogP contribution in [0.3, 0.4) is 0 Å². The SMILES string of the molecule is CC(C)[C@@H]1C(=O)N(S(C)(=O)=O)[C@@H]2CCN(C(=O)c3csc(CN(C)C)n3)[C@H]21.Cl.O=C(Cl)C(=O)Cl. The molecule has 3 atom stereocenters. The smallest absolute Gasteiger partial charge is 0.304 e. The highest BCUT2D eigenvalue weighted by atomic mass is 35.5. The lowest BCUT2D eigenvalue weighted by atomic mass is 9.88. The van der Waals surface area contributed by atoms with E-state index in [2.05, 4.69) is 28.2 Å². The first-order valence-electron chi connectivity index (χ1n) is 9.99. The molecule has 0 spiro atoms. The minimum absolute atomic E-state index is 0. The fourth-order valence-corrected chi connectivity index (χ4v) is 6.23. The van der Waals surface area contributed by atoms with Crippen LogP contribution in [0.15, 0.2) is 5.38 Å². The standard InChI is InChI=1S/C17H26N4O4S2.C2Cl2O2.ClH/c1-10(2)14-15-12(21(17(14)23)27(5,24)25)6-7-20(15)16(22)11-9-26-13(18-11)8-19(3)4;3-1(5)2(4)6;/h9-10,12,14-15H,6-8H2,1-5H3;;1H/t12-,14+,15-;;/m1../s1. The highest BCUT2D eigenvalue weighted by molar-refractivity contribution is 7.88. The number of aromatic nitrogens is 1. The van der Waals surface area contributed by atoms with Crippen LogP contribution < -0.4 is 0 Å². The molecule has 10 nitrogen and oxygen atoms in total. The molecule has 2 aliphatic heterocycles. The molecule has 2 fully saturated rings. The Morgan fingerprint density at radius 2 is 1.79 bits per heavy atom. The number of thiazole rings is 1. The summed E-state index contributed by atoms with van der Waals surface area (Å²) < 4.78 is 25.4. The molecule has 1 aromatic heterocycles. The Balaban J connectivity index is 0.000000735. The number of carbonyl (C=O) groups is 4. The number of carbonyl (C=O) groups excluding carboxylic acids is 4. The summed E-state index contributed by atoms with van der Waals surface area (Å²) in [5, 5.41) is 0.303. The monoisotopic (exact) mass is 576 g/mol. The maximum Gasteiger partial charge on any atom is 0.304 e. The lowest BCUT2D eigenvalue weighted by molar-refractivity contribution is -0.129. The van der Waals surface area contributed by atoms with Crippen molar-refractivity contribution in [2.45, 2.75) is 38.9 Å². The Hall–Kier alpha value is -1.31. The van der Waals surface area contributed by atoms with Gasteiger partial charge in [-0.1, -0.05) is 13.8 Å². The number of fused-ring (bicyclic) bond motifs is 1. The highest BCUT2D eigenvalue weighted by Gasteiger charge is 2.58. The Morgan fingerprint density at radius 1 is 1.24 bits per heavy atom. The van der Waals surface area contributed by atoms with Crippen LogP contribution in [0, 0.1) is 11.8 Å². The van der Waals surface area contributed by atoms with Crippen molar-refractivity contribution in [3.63, 3.8) is 0 Å². The van der Waals surface area contributed by atoms with E-state index < -0.39 is 44.4 Å². The number of nitrogens with zero attached hydrogens (tertiary/aromatic N) is 4. The predicted molar refractivity (Wildman–Crippen MR) is 132 cm³/mol. The van der Waals surface area contributed by atoms with Crippen LogP contribution in [0.4, 0.5) is 0 Å². The van der Waals surface area contributed by atoms with Crippen molar-refractivity contribution in [3.8, 4) is 0 Å². The van der Waals surface area contributed by atoms with Crippen molar-refractivity contribution >= 4 is 79.3 Å². The van der Waals surface area contributed by atoms with Gasteiger partial charge in [0, 0.05) is 18.5 Å². The predicted octanol–water partition coefficient (Wildman–Crippen LogP) is 1.80. The van der Waals surface area contributed by atoms with Crippen LogP contribution in [0.2, 0.25) is 0 Å². The van der Waals surface area contributed by atoms with Gasteiger partial charge in [0.15, 0.2) is 0 Å². The van der Waals surface area contributed by atoms with Gasteiger partial charge in [-0.3, -0.25) is 19.2 Å². The molecule has 2 saturated heterocycles. The van der Waals surface area contributed by atoms with Gasteiger partial charge >= 0.3 is 10.5 Å². The molecule has 2 aliphatic rings. The maximum atomic E-state index is 13.1. The van der Waals surface area contributed by atoms with E-state index in [1.54, 1.807) is 10.3 Å². The number of halogens is 3. The molecule has 0 N–H and O–H groups in total. The topological polar surface area (TPSA) is 125 Å². The lowest BCUT2D eigenvalue weighted by Gasteiger charge is -2.28. The van der Waals surface area contributed by atoms with Gasteiger partial charge in [-0.2, -0.15) is 0 Å². The van der Waals surface area contributed by atoms with Crippen molar-refractivity contribution in [3.05, 3.63) is 16.1 Å². The number of hydrogen-bond acceptors (Lipinski definition) is 9. The zero-order valence-corrected chi connectivity index (χ0v) is 23.2. The van der Waals surface area contributed by atoms with Gasteiger partial charge in [0.1, 0.15) is 10.7 Å². The second kappa shape index (κ2) is 12.1. The van der Waals surface area contributed by atoms with Crippen LogP contribution in [0.25, 0.3) is 0 Å². The molecule has 0 aliphatic carbocycles. The van der Waals surface area contributed by atoms with E-state index in [4.69, 9.17) is 0 Å². The van der Waals surface area contributed by atoms with Crippen LogP contribution >= 0.6 is 46.9 Å². The van der Waals surface area contributed by atoms with Crippen molar-refractivity contribution in [2.75, 3.05) is 26.9 Å². The molecule has 3 rings (SSSR count). The third-order valence-electron chi connectivity index (χ3n) is 5.30. The average molecular weight is 578 g/mol. The summed E-state index contributed by atoms with van der Waals surface area (Å²) in [5.74, 6) is -1.20. The van der Waals surface area contributed by atoms with Crippen LogP contribution in [-0.2, 0) is 31.0 Å². The van der Waals surface area contributed by atoms with E-state index in [0.29, 0.717) is 25.2 Å². The van der Waals surface area contributed by atoms with Crippen molar-refractivity contribution in [2.24, 2.45) is 11.8 Å². The first-order valence-corrected chi connectivity index (χ1v) is 13.5. The summed E-state index contributed by atoms with van der Waals surface area (Å²) >= 11 is 10.4. The van der Waals surface area contributed by atoms with Crippen molar-refractivity contribution in [1.82, 2.24) is 19.1 Å². The number of amides is 2. The molecule has 0 radical (unpaired) electrons. The third-order valence-corrected chi connectivity index (χ3v) is 7.74. The van der Waals surface area contributed by atoms with Gasteiger partial charge in [0.05, 0.1) is 24.3 Å². The molecule has 0 saturated carbocycles. The molecular weight excluding hydrogens is 551 g/mol. The van der Waals surface area contributed by atoms with Crippen LogP contribution in [0.5, 0.6) is 0 Å². The highest BCUT2D eigenvalue weighted by Crippen LogP contribution is 2.41. The third kappa shape index (κ3) is 6.88. The average Bonchev–Trinajstić information content (AvgIpc) is 3.34. The van der Waals surface area contributed by atoms with E-state index in [0.717, 1.165) is 15.6 Å². The van der Waals surface area contributed by atoms with Gasteiger partial charge in [-0.05, 0) is 49.6 Å². The van der Waals surface area contributed by atoms with Crippen LogP contribution in [-0.4, -0.2) is 88.8 Å². The fraction of sp³-hybridized carbons (Fsp3) is 0.632. The number of rotatable bonds is 6. The summed E-state index contributed by atoms with van der Waals surface area (Å²) in [6.45, 7) is 4.87. The van der Waals surface area contributed by atoms with E-state index in [1.165, 1.54) is 11.3 Å². The maximum absolute atomic E-state index is 13.1. The Morgan fingerprint density at radius 3 is 2.24 bits per heavy atom. The number of hydrogen-bond donors (Lipinski definition) is 0. The number of likely N-dealkylation sites (tertiary alicyclic amines) is 1. The van der Waals surface area contributed by atoms with E-state index >= 15 is 0 Å². The molecular formula is C19H27Cl3N4O6S2. The summed E-state index contributed by atoms with van der Waals surface area (Å²) in [6.07, 6.45) is 1.52. The molecule has 0 unspecified atom stereocenters.